The Morgan fingerprint density at radius 3 is 2.46 bits per heavy atom. The van der Waals surface area contributed by atoms with Gasteiger partial charge in [0.05, 0.1) is 4.92 Å². The number of nitrogens with one attached hydrogen (secondary N) is 2. The second-order valence-electron chi connectivity index (χ2n) is 4.61. The summed E-state index contributed by atoms with van der Waals surface area (Å²) < 4.78 is 0. The van der Waals surface area contributed by atoms with E-state index in [1.165, 1.54) is 18.2 Å². The van der Waals surface area contributed by atoms with Crippen molar-refractivity contribution in [1.29, 1.82) is 0 Å². The lowest BCUT2D eigenvalue weighted by molar-refractivity contribution is -0.384. The van der Waals surface area contributed by atoms with E-state index in [2.05, 4.69) is 10.9 Å². The number of halogens is 1. The summed E-state index contributed by atoms with van der Waals surface area (Å²) in [6.07, 6.45) is 2.83. The highest BCUT2D eigenvalue weighted by atomic mass is 35.5. The Bertz CT molecular complexity index is 806. The van der Waals surface area contributed by atoms with Gasteiger partial charge in [0, 0.05) is 17.7 Å². The number of carbonyl (C=O) groups excluding carboxylic acids is 2. The number of carbonyl (C=O) groups is 2. The number of nitro groups is 1. The first kappa shape index (κ1) is 17.2. The molecule has 0 aliphatic heterocycles. The van der Waals surface area contributed by atoms with Crippen LogP contribution in [0.1, 0.15) is 15.9 Å². The first-order valence-corrected chi connectivity index (χ1v) is 7.12. The first-order chi connectivity index (χ1) is 11.5. The van der Waals surface area contributed by atoms with Crippen LogP contribution >= 0.6 is 11.6 Å². The minimum Gasteiger partial charge on any atom is -0.268 e. The van der Waals surface area contributed by atoms with Gasteiger partial charge >= 0.3 is 0 Å². The number of amides is 2. The van der Waals surface area contributed by atoms with Crippen LogP contribution < -0.4 is 10.9 Å². The lowest BCUT2D eigenvalue weighted by atomic mass is 10.2. The van der Waals surface area contributed by atoms with Gasteiger partial charge < -0.3 is 0 Å². The van der Waals surface area contributed by atoms with Gasteiger partial charge in [0.1, 0.15) is 5.02 Å². The van der Waals surface area contributed by atoms with E-state index in [9.17, 15) is 19.7 Å². The molecular formula is C16H12ClN3O4. The molecule has 0 atom stereocenters. The number of nitro benzene ring substituents is 1. The Balaban J connectivity index is 1.95. The summed E-state index contributed by atoms with van der Waals surface area (Å²) in [5.74, 6) is -1.24. The van der Waals surface area contributed by atoms with E-state index in [0.29, 0.717) is 0 Å². The molecule has 0 saturated heterocycles. The molecule has 0 spiro atoms. The number of hydrazine groups is 1. The zero-order valence-corrected chi connectivity index (χ0v) is 13.0. The molecule has 0 heterocycles. The summed E-state index contributed by atoms with van der Waals surface area (Å²) >= 11 is 5.67. The molecule has 2 rings (SSSR count). The molecule has 2 aromatic carbocycles. The molecule has 0 fully saturated rings. The quantitative estimate of drug-likeness (QED) is 0.505. The largest absolute Gasteiger partial charge is 0.288 e. The average Bonchev–Trinajstić information content (AvgIpc) is 2.59. The highest BCUT2D eigenvalue weighted by molar-refractivity contribution is 6.32. The van der Waals surface area contributed by atoms with Gasteiger partial charge in [-0.15, -0.1) is 0 Å². The number of rotatable bonds is 4. The van der Waals surface area contributed by atoms with Crippen LogP contribution in [0, 0.1) is 10.1 Å². The van der Waals surface area contributed by atoms with Crippen molar-refractivity contribution in [3.05, 3.63) is 80.9 Å². The topological polar surface area (TPSA) is 101 Å². The monoisotopic (exact) mass is 345 g/mol. The summed E-state index contributed by atoms with van der Waals surface area (Å²) in [4.78, 5) is 33.6. The van der Waals surface area contributed by atoms with Crippen LogP contribution in [-0.2, 0) is 4.79 Å². The number of benzene rings is 2. The van der Waals surface area contributed by atoms with Gasteiger partial charge in [-0.1, -0.05) is 41.9 Å². The fourth-order valence-corrected chi connectivity index (χ4v) is 1.95. The molecule has 2 amide bonds. The fraction of sp³-hybridized carbons (Fsp3) is 0. The minimum absolute atomic E-state index is 0.00145. The van der Waals surface area contributed by atoms with Crippen molar-refractivity contribution in [2.45, 2.75) is 0 Å². The van der Waals surface area contributed by atoms with Crippen molar-refractivity contribution in [2.24, 2.45) is 0 Å². The Hall–Kier alpha value is -3.19. The summed E-state index contributed by atoms with van der Waals surface area (Å²) in [7, 11) is 0. The van der Waals surface area contributed by atoms with E-state index in [0.717, 1.165) is 11.6 Å². The van der Waals surface area contributed by atoms with Crippen LogP contribution in [0.5, 0.6) is 0 Å². The summed E-state index contributed by atoms with van der Waals surface area (Å²) in [6, 6.07) is 12.7. The zero-order valence-electron chi connectivity index (χ0n) is 12.2. The predicted octanol–water partition coefficient (Wildman–Crippen LogP) is 2.72. The SMILES string of the molecule is O=C(C=Cc1ccccc1)NNC(=O)c1ccc(Cl)c([N+](=O)[O-])c1. The second kappa shape index (κ2) is 7.89. The molecule has 2 N–H and O–H groups in total. The summed E-state index contributed by atoms with van der Waals surface area (Å²) in [6.45, 7) is 0. The Morgan fingerprint density at radius 2 is 1.79 bits per heavy atom. The third kappa shape index (κ3) is 4.65. The highest BCUT2D eigenvalue weighted by Gasteiger charge is 2.16. The van der Waals surface area contributed by atoms with Crippen LogP contribution in [-0.4, -0.2) is 16.7 Å². The molecule has 24 heavy (non-hydrogen) atoms. The molecule has 0 aromatic heterocycles. The second-order valence-corrected chi connectivity index (χ2v) is 5.02. The van der Waals surface area contributed by atoms with Crippen LogP contribution in [0.3, 0.4) is 0 Å². The van der Waals surface area contributed by atoms with Crippen molar-refractivity contribution < 1.29 is 14.5 Å². The van der Waals surface area contributed by atoms with Gasteiger partial charge in [0.15, 0.2) is 0 Å². The molecular weight excluding hydrogens is 334 g/mol. The summed E-state index contributed by atoms with van der Waals surface area (Å²) in [5.41, 5.74) is 4.79. The number of hydrogen-bond acceptors (Lipinski definition) is 4. The van der Waals surface area contributed by atoms with Gasteiger partial charge in [-0.25, -0.2) is 0 Å². The molecule has 122 valence electrons. The minimum atomic E-state index is -0.698. The molecule has 7 nitrogen and oxygen atoms in total. The predicted molar refractivity (Wildman–Crippen MR) is 89.2 cm³/mol. The normalized spacial score (nSPS) is 10.4. The molecule has 0 saturated carbocycles. The maximum Gasteiger partial charge on any atom is 0.288 e. The lowest BCUT2D eigenvalue weighted by Crippen LogP contribution is -2.40. The van der Waals surface area contributed by atoms with E-state index in [4.69, 9.17) is 11.6 Å². The molecule has 0 aliphatic rings. The third-order valence-corrected chi connectivity index (χ3v) is 3.25. The molecule has 8 heteroatoms. The average molecular weight is 346 g/mol. The Morgan fingerprint density at radius 1 is 1.08 bits per heavy atom. The van der Waals surface area contributed by atoms with E-state index in [-0.39, 0.29) is 16.3 Å². The number of hydrogen-bond donors (Lipinski definition) is 2. The first-order valence-electron chi connectivity index (χ1n) is 6.75. The molecule has 0 bridgehead atoms. The van der Waals surface area contributed by atoms with Gasteiger partial charge in [0.25, 0.3) is 17.5 Å². The molecule has 0 unspecified atom stereocenters. The Kier molecular flexibility index (Phi) is 5.64. The van der Waals surface area contributed by atoms with Crippen LogP contribution in [0.4, 0.5) is 5.69 Å². The highest BCUT2D eigenvalue weighted by Crippen LogP contribution is 2.24. The van der Waals surface area contributed by atoms with Gasteiger partial charge in [-0.2, -0.15) is 0 Å². The van der Waals surface area contributed by atoms with Gasteiger partial charge in [-0.05, 0) is 23.8 Å². The van der Waals surface area contributed by atoms with E-state index >= 15 is 0 Å². The van der Waals surface area contributed by atoms with Crippen molar-refractivity contribution in [3.8, 4) is 0 Å². The maximum absolute atomic E-state index is 11.9. The van der Waals surface area contributed by atoms with Gasteiger partial charge in [-0.3, -0.25) is 30.6 Å². The van der Waals surface area contributed by atoms with Crippen molar-refractivity contribution in [2.75, 3.05) is 0 Å². The van der Waals surface area contributed by atoms with E-state index in [1.807, 2.05) is 30.3 Å². The van der Waals surface area contributed by atoms with Crippen LogP contribution in [0.25, 0.3) is 6.08 Å². The van der Waals surface area contributed by atoms with Crippen molar-refractivity contribution >= 4 is 35.2 Å². The Labute approximate surface area is 142 Å². The van der Waals surface area contributed by atoms with Gasteiger partial charge in [0.2, 0.25) is 0 Å². The van der Waals surface area contributed by atoms with E-state index < -0.39 is 16.7 Å². The number of nitrogens with zero attached hydrogens (tertiary/aromatic N) is 1. The standard InChI is InChI=1S/C16H12ClN3O4/c17-13-8-7-12(10-14(13)20(23)24)16(22)19-18-15(21)9-6-11-4-2-1-3-5-11/h1-10H,(H,18,21)(H,19,22). The van der Waals surface area contributed by atoms with Crippen LogP contribution in [0.15, 0.2) is 54.6 Å². The molecule has 0 aliphatic carbocycles. The van der Waals surface area contributed by atoms with Crippen molar-refractivity contribution in [1.82, 2.24) is 10.9 Å². The smallest absolute Gasteiger partial charge is 0.268 e. The maximum atomic E-state index is 11.9. The fourth-order valence-electron chi connectivity index (χ4n) is 1.76. The van der Waals surface area contributed by atoms with Crippen LogP contribution in [0.2, 0.25) is 5.02 Å². The third-order valence-electron chi connectivity index (χ3n) is 2.93. The summed E-state index contributed by atoms with van der Waals surface area (Å²) in [5, 5.41) is 10.7. The van der Waals surface area contributed by atoms with E-state index in [1.54, 1.807) is 6.08 Å². The van der Waals surface area contributed by atoms with Crippen molar-refractivity contribution in [3.63, 3.8) is 0 Å². The molecule has 0 radical (unpaired) electrons. The lowest BCUT2D eigenvalue weighted by Gasteiger charge is -2.05. The zero-order chi connectivity index (χ0) is 17.5. The molecule has 2 aromatic rings.